The van der Waals surface area contributed by atoms with Crippen molar-refractivity contribution in [1.29, 1.82) is 0 Å². The lowest BCUT2D eigenvalue weighted by Crippen LogP contribution is -2.25. The molecule has 0 atom stereocenters. The maximum atomic E-state index is 14.1. The number of rotatable bonds is 6. The molecule has 6 rings (SSSR count). The fraction of sp³-hybridized carbons (Fsp3) is 0.161. The number of benzene rings is 3. The van der Waals surface area contributed by atoms with E-state index >= 15 is 0 Å². The summed E-state index contributed by atoms with van der Waals surface area (Å²) in [6.45, 7) is 2.19. The van der Waals surface area contributed by atoms with Crippen molar-refractivity contribution in [3.63, 3.8) is 0 Å². The average molecular weight is 533 g/mol. The number of aryl methyl sites for hydroxylation is 1. The van der Waals surface area contributed by atoms with E-state index in [0.717, 1.165) is 21.9 Å². The standard InChI is InChI=1S/C31H28N6O3/c1-19-9-7-10-20-15-22(37(31(39)26(19)20)24-13-5-6-14-25(24)40-4)17-36-30-27(29(35(2)3)32-18-33-30)28(34-36)21-11-8-12-23(38)16-21/h5-16,18,38H,17H2,1-4H3. The SMILES string of the molecule is COc1ccccc1-n1c(Cn2nc(-c3cccc(O)c3)c3c(N(C)C)ncnc32)cc2cccc(C)c2c1=O. The number of aromatic hydroxyl groups is 1. The zero-order chi connectivity index (χ0) is 28.0. The Morgan fingerprint density at radius 2 is 1.75 bits per heavy atom. The van der Waals surface area contributed by atoms with Gasteiger partial charge in [0, 0.05) is 25.4 Å². The smallest absolute Gasteiger partial charge is 0.263 e. The number of ether oxygens (including phenoxy) is 1. The second-order valence-corrected chi connectivity index (χ2v) is 9.83. The number of pyridine rings is 1. The van der Waals surface area contributed by atoms with E-state index in [9.17, 15) is 9.90 Å². The molecule has 200 valence electrons. The Hall–Kier alpha value is -5.18. The first-order valence-electron chi connectivity index (χ1n) is 12.8. The Kier molecular flexibility index (Phi) is 6.18. The monoisotopic (exact) mass is 532 g/mol. The predicted molar refractivity (Wildman–Crippen MR) is 157 cm³/mol. The number of hydrogen-bond donors (Lipinski definition) is 1. The highest BCUT2D eigenvalue weighted by molar-refractivity contribution is 5.99. The molecule has 0 aliphatic heterocycles. The highest BCUT2D eigenvalue weighted by Crippen LogP contribution is 2.34. The van der Waals surface area contributed by atoms with Gasteiger partial charge in [-0.1, -0.05) is 42.5 Å². The van der Waals surface area contributed by atoms with E-state index in [2.05, 4.69) is 9.97 Å². The Bertz CT molecular complexity index is 1960. The van der Waals surface area contributed by atoms with Crippen LogP contribution in [-0.2, 0) is 6.54 Å². The number of nitrogens with zero attached hydrogens (tertiary/aromatic N) is 6. The Morgan fingerprint density at radius 3 is 2.52 bits per heavy atom. The van der Waals surface area contributed by atoms with Crippen molar-refractivity contribution >= 4 is 27.6 Å². The van der Waals surface area contributed by atoms with E-state index in [4.69, 9.17) is 9.84 Å². The van der Waals surface area contributed by atoms with E-state index in [1.165, 1.54) is 6.33 Å². The maximum absolute atomic E-state index is 14.1. The Morgan fingerprint density at radius 1 is 0.950 bits per heavy atom. The van der Waals surface area contributed by atoms with E-state index in [0.29, 0.717) is 39.7 Å². The van der Waals surface area contributed by atoms with Crippen LogP contribution in [0.1, 0.15) is 11.3 Å². The van der Waals surface area contributed by atoms with Crippen molar-refractivity contribution in [1.82, 2.24) is 24.3 Å². The molecule has 6 aromatic rings. The van der Waals surface area contributed by atoms with Crippen molar-refractivity contribution < 1.29 is 9.84 Å². The lowest BCUT2D eigenvalue weighted by molar-refractivity contribution is 0.412. The molecule has 0 amide bonds. The second-order valence-electron chi connectivity index (χ2n) is 9.83. The van der Waals surface area contributed by atoms with Crippen molar-refractivity contribution in [2.45, 2.75) is 13.5 Å². The van der Waals surface area contributed by atoms with Gasteiger partial charge in [-0.05, 0) is 48.2 Å². The minimum Gasteiger partial charge on any atom is -0.508 e. The highest BCUT2D eigenvalue weighted by Gasteiger charge is 2.22. The summed E-state index contributed by atoms with van der Waals surface area (Å²) in [5, 5.41) is 17.4. The number of hydrogen-bond acceptors (Lipinski definition) is 7. The normalized spacial score (nSPS) is 11.3. The van der Waals surface area contributed by atoms with E-state index < -0.39 is 0 Å². The molecule has 0 aliphatic rings. The van der Waals surface area contributed by atoms with Crippen LogP contribution in [0.4, 0.5) is 5.82 Å². The summed E-state index contributed by atoms with van der Waals surface area (Å²) in [6, 6.07) is 22.3. The third-order valence-corrected chi connectivity index (χ3v) is 7.02. The van der Waals surface area contributed by atoms with Crippen LogP contribution in [0.3, 0.4) is 0 Å². The van der Waals surface area contributed by atoms with Gasteiger partial charge in [0.2, 0.25) is 0 Å². The topological polar surface area (TPSA) is 98.3 Å². The number of phenols is 1. The Labute approximate surface area is 230 Å². The van der Waals surface area contributed by atoms with Gasteiger partial charge in [0.05, 0.1) is 30.1 Å². The summed E-state index contributed by atoms with van der Waals surface area (Å²) in [7, 11) is 5.42. The highest BCUT2D eigenvalue weighted by atomic mass is 16.5. The molecule has 3 aromatic heterocycles. The molecule has 0 spiro atoms. The minimum absolute atomic E-state index is 0.136. The van der Waals surface area contributed by atoms with Gasteiger partial charge in [-0.25, -0.2) is 14.6 Å². The molecule has 0 saturated carbocycles. The van der Waals surface area contributed by atoms with Crippen molar-refractivity contribution in [3.05, 3.63) is 101 Å². The zero-order valence-electron chi connectivity index (χ0n) is 22.7. The number of fused-ring (bicyclic) bond motifs is 2. The molecule has 0 saturated heterocycles. The van der Waals surface area contributed by atoms with Crippen LogP contribution in [0.2, 0.25) is 0 Å². The van der Waals surface area contributed by atoms with Gasteiger partial charge < -0.3 is 14.7 Å². The molecule has 0 fully saturated rings. The molecule has 9 heteroatoms. The van der Waals surface area contributed by atoms with Crippen molar-refractivity contribution in [2.75, 3.05) is 26.1 Å². The molecule has 9 nitrogen and oxygen atoms in total. The summed E-state index contributed by atoms with van der Waals surface area (Å²) in [5.41, 5.74) is 4.10. The van der Waals surface area contributed by atoms with E-state index in [1.54, 1.807) is 34.6 Å². The van der Waals surface area contributed by atoms with Gasteiger partial charge in [-0.15, -0.1) is 0 Å². The number of para-hydroxylation sites is 2. The van der Waals surface area contributed by atoms with Crippen molar-refractivity contribution in [2.24, 2.45) is 0 Å². The minimum atomic E-state index is -0.136. The zero-order valence-corrected chi connectivity index (χ0v) is 22.7. The third kappa shape index (κ3) is 4.12. The number of methoxy groups -OCH3 is 1. The molecule has 3 aromatic carbocycles. The number of phenolic OH excluding ortho intramolecular Hbond substituents is 1. The first-order valence-corrected chi connectivity index (χ1v) is 12.8. The summed E-state index contributed by atoms with van der Waals surface area (Å²) in [5.74, 6) is 1.42. The fourth-order valence-corrected chi connectivity index (χ4v) is 5.24. The summed E-state index contributed by atoms with van der Waals surface area (Å²) >= 11 is 0. The van der Waals surface area contributed by atoms with Crippen LogP contribution in [0.15, 0.2) is 83.9 Å². The van der Waals surface area contributed by atoms with Crippen LogP contribution in [0.25, 0.3) is 38.8 Å². The molecule has 0 radical (unpaired) electrons. The molecule has 0 aliphatic carbocycles. The number of aromatic nitrogens is 5. The predicted octanol–water partition coefficient (Wildman–Crippen LogP) is 4.93. The van der Waals surface area contributed by atoms with Gasteiger partial charge in [0.1, 0.15) is 29.3 Å². The van der Waals surface area contributed by atoms with Crippen LogP contribution in [0, 0.1) is 6.92 Å². The molecule has 1 N–H and O–H groups in total. The molecule has 0 bridgehead atoms. The van der Waals surface area contributed by atoms with Crippen LogP contribution >= 0.6 is 0 Å². The van der Waals surface area contributed by atoms with Gasteiger partial charge in [0.25, 0.3) is 5.56 Å². The van der Waals surface area contributed by atoms with Gasteiger partial charge >= 0.3 is 0 Å². The lowest BCUT2D eigenvalue weighted by atomic mass is 10.1. The quantitative estimate of drug-likeness (QED) is 0.325. The third-order valence-electron chi connectivity index (χ3n) is 7.02. The summed E-state index contributed by atoms with van der Waals surface area (Å²) in [6.07, 6.45) is 1.51. The molecule has 40 heavy (non-hydrogen) atoms. The second kappa shape index (κ2) is 9.85. The first kappa shape index (κ1) is 25.1. The van der Waals surface area contributed by atoms with Gasteiger partial charge in [-0.2, -0.15) is 5.10 Å². The maximum Gasteiger partial charge on any atom is 0.263 e. The Balaban J connectivity index is 1.65. The summed E-state index contributed by atoms with van der Waals surface area (Å²) < 4.78 is 9.14. The van der Waals surface area contributed by atoms with Gasteiger partial charge in [0.15, 0.2) is 5.65 Å². The lowest BCUT2D eigenvalue weighted by Gasteiger charge is -2.18. The fourth-order valence-electron chi connectivity index (χ4n) is 5.24. The van der Waals surface area contributed by atoms with E-state index in [-0.39, 0.29) is 17.9 Å². The van der Waals surface area contributed by atoms with Crippen LogP contribution < -0.4 is 15.2 Å². The summed E-state index contributed by atoms with van der Waals surface area (Å²) in [4.78, 5) is 25.2. The average Bonchev–Trinajstić information content (AvgIpc) is 3.31. The van der Waals surface area contributed by atoms with Crippen molar-refractivity contribution in [3.8, 4) is 28.4 Å². The molecular weight excluding hydrogens is 504 g/mol. The molecular formula is C31H28N6O3. The molecule has 3 heterocycles. The van der Waals surface area contributed by atoms with Crippen LogP contribution in [0.5, 0.6) is 11.5 Å². The largest absolute Gasteiger partial charge is 0.508 e. The number of anilines is 1. The molecule has 0 unspecified atom stereocenters. The van der Waals surface area contributed by atoms with Gasteiger partial charge in [-0.3, -0.25) is 9.36 Å². The first-order chi connectivity index (χ1) is 19.4. The van der Waals surface area contributed by atoms with Crippen LogP contribution in [-0.4, -0.2) is 50.6 Å². The van der Waals surface area contributed by atoms with E-state index in [1.807, 2.05) is 80.5 Å².